The standard InChI is InChI=1S/C16H22N2O/c1-11(18-16(2,3)4)15(19)13-9-10-17-14-8-6-5-7-12(13)14/h5-11,15,18-19H,1-4H3. The van der Waals surface area contributed by atoms with Crippen molar-refractivity contribution in [3.8, 4) is 0 Å². The fourth-order valence-corrected chi connectivity index (χ4v) is 2.41. The Hall–Kier alpha value is -1.45. The first-order chi connectivity index (χ1) is 8.88. The van der Waals surface area contributed by atoms with Gasteiger partial charge in [0.2, 0.25) is 0 Å². The lowest BCUT2D eigenvalue weighted by Crippen LogP contribution is -2.45. The Bertz CT molecular complexity index is 555. The van der Waals surface area contributed by atoms with E-state index in [-0.39, 0.29) is 11.6 Å². The second-order valence-corrected chi connectivity index (χ2v) is 6.05. The average molecular weight is 258 g/mol. The Morgan fingerprint density at radius 2 is 1.84 bits per heavy atom. The first kappa shape index (κ1) is 14.0. The molecule has 2 aromatic rings. The van der Waals surface area contributed by atoms with Gasteiger partial charge >= 0.3 is 0 Å². The Labute approximate surface area is 114 Å². The molecule has 0 aliphatic rings. The van der Waals surface area contributed by atoms with Crippen LogP contribution in [0.5, 0.6) is 0 Å². The van der Waals surface area contributed by atoms with E-state index in [4.69, 9.17) is 0 Å². The number of aromatic nitrogens is 1. The van der Waals surface area contributed by atoms with Crippen molar-refractivity contribution in [2.24, 2.45) is 0 Å². The van der Waals surface area contributed by atoms with Crippen molar-refractivity contribution in [3.05, 3.63) is 42.1 Å². The smallest absolute Gasteiger partial charge is 0.0947 e. The van der Waals surface area contributed by atoms with Gasteiger partial charge in [0.25, 0.3) is 0 Å². The molecule has 2 rings (SSSR count). The molecule has 102 valence electrons. The third-order valence-electron chi connectivity index (χ3n) is 3.14. The molecular formula is C16H22N2O. The first-order valence-electron chi connectivity index (χ1n) is 6.68. The number of aliphatic hydroxyl groups is 1. The van der Waals surface area contributed by atoms with E-state index in [0.717, 1.165) is 16.5 Å². The van der Waals surface area contributed by atoms with E-state index in [0.29, 0.717) is 0 Å². The lowest BCUT2D eigenvalue weighted by Gasteiger charge is -2.29. The zero-order valence-corrected chi connectivity index (χ0v) is 12.0. The SMILES string of the molecule is CC(NC(C)(C)C)C(O)c1ccnc2ccccc12. The van der Waals surface area contributed by atoms with Gasteiger partial charge in [-0.25, -0.2) is 0 Å². The molecular weight excluding hydrogens is 236 g/mol. The highest BCUT2D eigenvalue weighted by Gasteiger charge is 2.22. The van der Waals surface area contributed by atoms with Gasteiger partial charge in [0, 0.05) is 23.2 Å². The van der Waals surface area contributed by atoms with Crippen LogP contribution in [0.2, 0.25) is 0 Å². The average Bonchev–Trinajstić information content (AvgIpc) is 2.35. The van der Waals surface area contributed by atoms with Gasteiger partial charge in [-0.3, -0.25) is 4.98 Å². The molecule has 3 heteroatoms. The normalized spacial score (nSPS) is 15.4. The number of rotatable bonds is 3. The van der Waals surface area contributed by atoms with E-state index in [9.17, 15) is 5.11 Å². The molecule has 0 radical (unpaired) electrons. The Kier molecular flexibility index (Phi) is 3.88. The van der Waals surface area contributed by atoms with Crippen LogP contribution in [0.15, 0.2) is 36.5 Å². The van der Waals surface area contributed by atoms with Crippen LogP contribution < -0.4 is 5.32 Å². The van der Waals surface area contributed by atoms with Crippen molar-refractivity contribution in [1.82, 2.24) is 10.3 Å². The molecule has 2 unspecified atom stereocenters. The summed E-state index contributed by atoms with van der Waals surface area (Å²) in [6.07, 6.45) is 1.21. The zero-order chi connectivity index (χ0) is 14.0. The van der Waals surface area contributed by atoms with Crippen molar-refractivity contribution >= 4 is 10.9 Å². The molecule has 0 aliphatic carbocycles. The summed E-state index contributed by atoms with van der Waals surface area (Å²) >= 11 is 0. The number of fused-ring (bicyclic) bond motifs is 1. The molecule has 2 atom stereocenters. The van der Waals surface area contributed by atoms with Crippen molar-refractivity contribution < 1.29 is 5.11 Å². The second kappa shape index (κ2) is 5.27. The van der Waals surface area contributed by atoms with Crippen LogP contribution in [0, 0.1) is 0 Å². The quantitative estimate of drug-likeness (QED) is 0.889. The number of benzene rings is 1. The van der Waals surface area contributed by atoms with E-state index in [1.807, 2.05) is 37.3 Å². The van der Waals surface area contributed by atoms with Gasteiger partial charge in [-0.2, -0.15) is 0 Å². The number of nitrogens with zero attached hydrogens (tertiary/aromatic N) is 1. The molecule has 0 spiro atoms. The summed E-state index contributed by atoms with van der Waals surface area (Å²) in [5, 5.41) is 15.0. The predicted octanol–water partition coefficient (Wildman–Crippen LogP) is 3.04. The van der Waals surface area contributed by atoms with Crippen molar-refractivity contribution in [3.63, 3.8) is 0 Å². The summed E-state index contributed by atoms with van der Waals surface area (Å²) in [4.78, 5) is 4.33. The molecule has 0 saturated carbocycles. The van der Waals surface area contributed by atoms with E-state index in [1.54, 1.807) is 6.20 Å². The van der Waals surface area contributed by atoms with Crippen LogP contribution in [0.4, 0.5) is 0 Å². The molecule has 1 aromatic heterocycles. The molecule has 2 N–H and O–H groups in total. The lowest BCUT2D eigenvalue weighted by molar-refractivity contribution is 0.122. The minimum atomic E-state index is -0.549. The highest BCUT2D eigenvalue weighted by molar-refractivity contribution is 5.82. The number of para-hydroxylation sites is 1. The molecule has 0 saturated heterocycles. The third-order valence-corrected chi connectivity index (χ3v) is 3.14. The van der Waals surface area contributed by atoms with Gasteiger partial charge < -0.3 is 10.4 Å². The Balaban J connectivity index is 2.33. The van der Waals surface area contributed by atoms with E-state index >= 15 is 0 Å². The van der Waals surface area contributed by atoms with Gasteiger partial charge in [-0.05, 0) is 45.4 Å². The number of pyridine rings is 1. The van der Waals surface area contributed by atoms with Crippen LogP contribution in [-0.2, 0) is 0 Å². The summed E-state index contributed by atoms with van der Waals surface area (Å²) in [6.45, 7) is 8.30. The molecule has 19 heavy (non-hydrogen) atoms. The fourth-order valence-electron chi connectivity index (χ4n) is 2.41. The number of hydrogen-bond donors (Lipinski definition) is 2. The fraction of sp³-hybridized carbons (Fsp3) is 0.438. The van der Waals surface area contributed by atoms with Crippen LogP contribution >= 0.6 is 0 Å². The summed E-state index contributed by atoms with van der Waals surface area (Å²) in [7, 11) is 0. The molecule has 0 aliphatic heterocycles. The molecule has 0 bridgehead atoms. The Morgan fingerprint density at radius 1 is 1.16 bits per heavy atom. The Morgan fingerprint density at radius 3 is 2.53 bits per heavy atom. The van der Waals surface area contributed by atoms with Crippen LogP contribution in [0.25, 0.3) is 10.9 Å². The molecule has 0 fully saturated rings. The predicted molar refractivity (Wildman–Crippen MR) is 79.1 cm³/mol. The maximum atomic E-state index is 10.6. The first-order valence-corrected chi connectivity index (χ1v) is 6.68. The van der Waals surface area contributed by atoms with E-state index < -0.39 is 6.10 Å². The van der Waals surface area contributed by atoms with Crippen LogP contribution in [0.1, 0.15) is 39.4 Å². The number of aliphatic hydroxyl groups excluding tert-OH is 1. The minimum Gasteiger partial charge on any atom is -0.387 e. The van der Waals surface area contributed by atoms with Crippen molar-refractivity contribution in [1.29, 1.82) is 0 Å². The topological polar surface area (TPSA) is 45.1 Å². The van der Waals surface area contributed by atoms with Gasteiger partial charge in [0.1, 0.15) is 0 Å². The van der Waals surface area contributed by atoms with Gasteiger partial charge in [0.15, 0.2) is 0 Å². The summed E-state index contributed by atoms with van der Waals surface area (Å²) in [6, 6.07) is 9.78. The number of hydrogen-bond acceptors (Lipinski definition) is 3. The molecule has 1 heterocycles. The molecule has 3 nitrogen and oxygen atoms in total. The highest BCUT2D eigenvalue weighted by Crippen LogP contribution is 2.25. The summed E-state index contributed by atoms with van der Waals surface area (Å²) < 4.78 is 0. The monoisotopic (exact) mass is 258 g/mol. The second-order valence-electron chi connectivity index (χ2n) is 6.05. The van der Waals surface area contributed by atoms with Gasteiger partial charge in [-0.15, -0.1) is 0 Å². The maximum absolute atomic E-state index is 10.6. The third kappa shape index (κ3) is 3.31. The number of nitrogens with one attached hydrogen (secondary N) is 1. The molecule has 0 amide bonds. The minimum absolute atomic E-state index is 0.0224. The van der Waals surface area contributed by atoms with E-state index in [2.05, 4.69) is 31.1 Å². The van der Waals surface area contributed by atoms with E-state index in [1.165, 1.54) is 0 Å². The largest absolute Gasteiger partial charge is 0.387 e. The molecule has 1 aromatic carbocycles. The van der Waals surface area contributed by atoms with Gasteiger partial charge in [0.05, 0.1) is 11.6 Å². The summed E-state index contributed by atoms with van der Waals surface area (Å²) in [5.41, 5.74) is 1.82. The highest BCUT2D eigenvalue weighted by atomic mass is 16.3. The van der Waals surface area contributed by atoms with Crippen LogP contribution in [-0.4, -0.2) is 21.7 Å². The van der Waals surface area contributed by atoms with Crippen molar-refractivity contribution in [2.75, 3.05) is 0 Å². The van der Waals surface area contributed by atoms with Crippen molar-refractivity contribution in [2.45, 2.75) is 45.4 Å². The van der Waals surface area contributed by atoms with Crippen LogP contribution in [0.3, 0.4) is 0 Å². The lowest BCUT2D eigenvalue weighted by atomic mass is 9.97. The van der Waals surface area contributed by atoms with Gasteiger partial charge in [-0.1, -0.05) is 18.2 Å². The maximum Gasteiger partial charge on any atom is 0.0947 e. The summed E-state index contributed by atoms with van der Waals surface area (Å²) in [5.74, 6) is 0. The zero-order valence-electron chi connectivity index (χ0n) is 12.0.